The van der Waals surface area contributed by atoms with Crippen LogP contribution in [0.25, 0.3) is 0 Å². The number of nitrogens with zero attached hydrogens (tertiary/aromatic N) is 2. The van der Waals surface area contributed by atoms with Crippen LogP contribution in [0.1, 0.15) is 43.2 Å². The molecule has 4 heteroatoms. The Morgan fingerprint density at radius 3 is 2.65 bits per heavy atom. The summed E-state index contributed by atoms with van der Waals surface area (Å²) < 4.78 is 0. The summed E-state index contributed by atoms with van der Waals surface area (Å²) in [6, 6.07) is 9.10. The summed E-state index contributed by atoms with van der Waals surface area (Å²) in [6.07, 6.45) is 7.44. The van der Waals surface area contributed by atoms with Crippen molar-refractivity contribution in [3.8, 4) is 0 Å². The largest absolute Gasteiger partial charge is 0.337 e. The molecule has 1 aromatic rings. The first-order valence-electron chi connectivity index (χ1n) is 7.73. The quantitative estimate of drug-likeness (QED) is 0.357. The number of aliphatic imine (C=N–C) groups is 1. The molecule has 0 amide bonds. The molecule has 0 bridgehead atoms. The Hall–Kier alpha value is -1.55. The second-order valence-corrected chi connectivity index (χ2v) is 5.83. The Labute approximate surface area is 121 Å². The van der Waals surface area contributed by atoms with Gasteiger partial charge in [-0.1, -0.05) is 43.5 Å². The van der Waals surface area contributed by atoms with E-state index in [-0.39, 0.29) is 0 Å². The minimum atomic E-state index is 0.451. The molecule has 1 heterocycles. The van der Waals surface area contributed by atoms with Crippen molar-refractivity contribution in [2.75, 3.05) is 6.54 Å². The van der Waals surface area contributed by atoms with Gasteiger partial charge >= 0.3 is 0 Å². The molecule has 1 saturated carbocycles. The van der Waals surface area contributed by atoms with E-state index in [0.29, 0.717) is 6.04 Å². The fourth-order valence-corrected chi connectivity index (χ4v) is 3.27. The molecule has 1 aromatic carbocycles. The molecule has 0 radical (unpaired) electrons. The number of hydrogen-bond acceptors (Lipinski definition) is 2. The molecule has 4 nitrogen and oxygen atoms in total. The Bertz CT molecular complexity index is 477. The first-order valence-corrected chi connectivity index (χ1v) is 7.73. The van der Waals surface area contributed by atoms with Crippen LogP contribution in [0.2, 0.25) is 0 Å². The maximum atomic E-state index is 5.72. The van der Waals surface area contributed by atoms with Gasteiger partial charge in [-0.25, -0.2) is 10.8 Å². The van der Waals surface area contributed by atoms with Crippen LogP contribution in [0.3, 0.4) is 0 Å². The highest BCUT2D eigenvalue weighted by Gasteiger charge is 2.20. The van der Waals surface area contributed by atoms with E-state index in [1.165, 1.54) is 43.2 Å². The van der Waals surface area contributed by atoms with E-state index in [2.05, 4.69) is 34.6 Å². The van der Waals surface area contributed by atoms with Gasteiger partial charge < -0.3 is 4.90 Å². The van der Waals surface area contributed by atoms with Crippen LogP contribution in [0, 0.1) is 0 Å². The van der Waals surface area contributed by atoms with E-state index in [1.54, 1.807) is 0 Å². The molecular formula is C16H24N4. The number of nitrogens with two attached hydrogens (primary N) is 1. The number of rotatable bonds is 1. The van der Waals surface area contributed by atoms with Crippen LogP contribution in [-0.2, 0) is 13.0 Å². The molecule has 1 aliphatic carbocycles. The van der Waals surface area contributed by atoms with Gasteiger partial charge in [0.05, 0.1) is 6.04 Å². The molecule has 108 valence electrons. The van der Waals surface area contributed by atoms with Crippen molar-refractivity contribution in [2.45, 2.75) is 51.1 Å². The maximum Gasteiger partial charge on any atom is 0.208 e. The molecule has 0 saturated heterocycles. The van der Waals surface area contributed by atoms with Crippen molar-refractivity contribution in [3.05, 3.63) is 35.4 Å². The van der Waals surface area contributed by atoms with Crippen LogP contribution < -0.4 is 11.3 Å². The number of hydrogen-bond donors (Lipinski definition) is 2. The van der Waals surface area contributed by atoms with E-state index >= 15 is 0 Å². The number of benzene rings is 1. The van der Waals surface area contributed by atoms with Gasteiger partial charge in [-0.05, 0) is 30.4 Å². The summed E-state index contributed by atoms with van der Waals surface area (Å²) in [5, 5.41) is 0. The average Bonchev–Trinajstić information content (AvgIpc) is 2.53. The Morgan fingerprint density at radius 2 is 1.90 bits per heavy atom. The van der Waals surface area contributed by atoms with Crippen molar-refractivity contribution >= 4 is 5.96 Å². The van der Waals surface area contributed by atoms with Gasteiger partial charge in [0.2, 0.25) is 5.96 Å². The summed E-state index contributed by atoms with van der Waals surface area (Å²) in [5.74, 6) is 6.59. The summed E-state index contributed by atoms with van der Waals surface area (Å²) in [7, 11) is 0. The maximum absolute atomic E-state index is 5.72. The Kier molecular flexibility index (Phi) is 4.21. The molecule has 20 heavy (non-hydrogen) atoms. The lowest BCUT2D eigenvalue weighted by atomic mass is 9.96. The van der Waals surface area contributed by atoms with Gasteiger partial charge in [0.25, 0.3) is 0 Å². The van der Waals surface area contributed by atoms with Crippen molar-refractivity contribution in [1.82, 2.24) is 10.3 Å². The van der Waals surface area contributed by atoms with E-state index in [9.17, 15) is 0 Å². The standard InChI is InChI=1S/C16H24N4/c17-19-16(18-15-8-2-1-3-9-15)20-11-10-13-6-4-5-7-14(13)12-20/h4-7,15H,1-3,8-12,17H2,(H,18,19). The zero-order chi connectivity index (χ0) is 13.8. The molecule has 0 unspecified atom stereocenters. The van der Waals surface area contributed by atoms with Crippen LogP contribution in [-0.4, -0.2) is 23.4 Å². The van der Waals surface area contributed by atoms with Crippen LogP contribution in [0.15, 0.2) is 29.3 Å². The Morgan fingerprint density at radius 1 is 1.15 bits per heavy atom. The van der Waals surface area contributed by atoms with E-state index in [0.717, 1.165) is 25.5 Å². The van der Waals surface area contributed by atoms with Crippen molar-refractivity contribution < 1.29 is 0 Å². The summed E-state index contributed by atoms with van der Waals surface area (Å²) in [5.41, 5.74) is 5.68. The summed E-state index contributed by atoms with van der Waals surface area (Å²) in [6.45, 7) is 1.90. The summed E-state index contributed by atoms with van der Waals surface area (Å²) >= 11 is 0. The second kappa shape index (κ2) is 6.27. The topological polar surface area (TPSA) is 53.6 Å². The summed E-state index contributed by atoms with van der Waals surface area (Å²) in [4.78, 5) is 7.13. The fourth-order valence-electron chi connectivity index (χ4n) is 3.27. The van der Waals surface area contributed by atoms with Gasteiger partial charge in [0, 0.05) is 13.1 Å². The number of hydrazine groups is 1. The van der Waals surface area contributed by atoms with Gasteiger partial charge in [-0.3, -0.25) is 5.43 Å². The van der Waals surface area contributed by atoms with Gasteiger partial charge in [0.15, 0.2) is 0 Å². The molecule has 2 aliphatic rings. The van der Waals surface area contributed by atoms with Gasteiger partial charge in [-0.2, -0.15) is 0 Å². The number of guanidine groups is 1. The molecular weight excluding hydrogens is 248 g/mol. The van der Waals surface area contributed by atoms with Gasteiger partial charge in [-0.15, -0.1) is 0 Å². The molecule has 1 aliphatic heterocycles. The first-order chi connectivity index (χ1) is 9.86. The van der Waals surface area contributed by atoms with Gasteiger partial charge in [0.1, 0.15) is 0 Å². The van der Waals surface area contributed by atoms with Crippen molar-refractivity contribution in [1.29, 1.82) is 0 Å². The highest BCUT2D eigenvalue weighted by atomic mass is 15.4. The molecule has 0 aromatic heterocycles. The van der Waals surface area contributed by atoms with Crippen LogP contribution in [0.5, 0.6) is 0 Å². The van der Waals surface area contributed by atoms with E-state index in [1.807, 2.05) is 0 Å². The van der Waals surface area contributed by atoms with Crippen molar-refractivity contribution in [3.63, 3.8) is 0 Å². The SMILES string of the molecule is NNC(=NC1CCCCC1)N1CCc2ccccc2C1. The zero-order valence-corrected chi connectivity index (χ0v) is 12.0. The third kappa shape index (κ3) is 2.96. The van der Waals surface area contributed by atoms with Crippen LogP contribution >= 0.6 is 0 Å². The number of nitrogens with one attached hydrogen (secondary N) is 1. The fraction of sp³-hybridized carbons (Fsp3) is 0.562. The third-order valence-corrected chi connectivity index (χ3v) is 4.44. The van der Waals surface area contributed by atoms with E-state index < -0.39 is 0 Å². The predicted octanol–water partition coefficient (Wildman–Crippen LogP) is 2.20. The first kappa shape index (κ1) is 13.4. The molecule has 1 fully saturated rings. The highest BCUT2D eigenvalue weighted by Crippen LogP contribution is 2.22. The average molecular weight is 272 g/mol. The smallest absolute Gasteiger partial charge is 0.208 e. The Balaban J connectivity index is 1.72. The predicted molar refractivity (Wildman–Crippen MR) is 82.2 cm³/mol. The van der Waals surface area contributed by atoms with E-state index in [4.69, 9.17) is 10.8 Å². The van der Waals surface area contributed by atoms with Crippen LogP contribution in [0.4, 0.5) is 0 Å². The molecule has 0 atom stereocenters. The lowest BCUT2D eigenvalue weighted by Crippen LogP contribution is -2.47. The van der Waals surface area contributed by atoms with Crippen molar-refractivity contribution in [2.24, 2.45) is 10.8 Å². The minimum absolute atomic E-state index is 0.451. The lowest BCUT2D eigenvalue weighted by Gasteiger charge is -2.32. The monoisotopic (exact) mass is 272 g/mol. The normalized spacial score (nSPS) is 20.6. The molecule has 3 N–H and O–H groups in total. The number of fused-ring (bicyclic) bond motifs is 1. The third-order valence-electron chi connectivity index (χ3n) is 4.44. The molecule has 0 spiro atoms. The zero-order valence-electron chi connectivity index (χ0n) is 12.0. The second-order valence-electron chi connectivity index (χ2n) is 5.83. The highest BCUT2D eigenvalue weighted by molar-refractivity contribution is 5.79. The minimum Gasteiger partial charge on any atom is -0.337 e. The molecule has 3 rings (SSSR count). The lowest BCUT2D eigenvalue weighted by molar-refractivity contribution is 0.368.